The first kappa shape index (κ1) is 19.1. The number of ether oxygens (including phenoxy) is 2. The molecule has 0 atom stereocenters. The van der Waals surface area contributed by atoms with Crippen LogP contribution >= 0.6 is 0 Å². The van der Waals surface area contributed by atoms with Gasteiger partial charge in [0.2, 0.25) is 5.88 Å². The van der Waals surface area contributed by atoms with Crippen LogP contribution in [-0.2, 0) is 0 Å². The van der Waals surface area contributed by atoms with Crippen molar-refractivity contribution >= 4 is 11.6 Å². The molecule has 0 aliphatic carbocycles. The number of methoxy groups -OCH3 is 1. The van der Waals surface area contributed by atoms with E-state index in [4.69, 9.17) is 9.47 Å². The molecular weight excluding hydrogens is 378 g/mol. The highest BCUT2D eigenvalue weighted by atomic mass is 16.5. The first-order chi connectivity index (χ1) is 14.7. The summed E-state index contributed by atoms with van der Waals surface area (Å²) in [5, 5.41) is 2.87. The summed E-state index contributed by atoms with van der Waals surface area (Å²) in [6.07, 6.45) is 1.44. The number of anilines is 1. The van der Waals surface area contributed by atoms with Gasteiger partial charge in [-0.3, -0.25) is 4.79 Å². The number of hydrogen-bond donors (Lipinski definition) is 1. The fourth-order valence-electron chi connectivity index (χ4n) is 2.89. The highest BCUT2D eigenvalue weighted by molar-refractivity contribution is 6.04. The molecule has 0 bridgehead atoms. The molecule has 30 heavy (non-hydrogen) atoms. The Morgan fingerprint density at radius 3 is 2.27 bits per heavy atom. The SMILES string of the molecule is COc1ccccc1Oc1cc(-c2ccc(C(=O)Nc3ccccc3)cc2)ncn1. The molecule has 0 fully saturated rings. The summed E-state index contributed by atoms with van der Waals surface area (Å²) in [4.78, 5) is 20.9. The second-order valence-electron chi connectivity index (χ2n) is 6.39. The zero-order valence-electron chi connectivity index (χ0n) is 16.3. The fraction of sp³-hybridized carbons (Fsp3) is 0.0417. The first-order valence-corrected chi connectivity index (χ1v) is 9.33. The Morgan fingerprint density at radius 2 is 1.53 bits per heavy atom. The van der Waals surface area contributed by atoms with Gasteiger partial charge in [-0.15, -0.1) is 0 Å². The van der Waals surface area contributed by atoms with Crippen molar-refractivity contribution in [1.82, 2.24) is 9.97 Å². The van der Waals surface area contributed by atoms with Gasteiger partial charge in [0, 0.05) is 22.9 Å². The van der Waals surface area contributed by atoms with Crippen molar-refractivity contribution in [2.24, 2.45) is 0 Å². The van der Waals surface area contributed by atoms with Gasteiger partial charge < -0.3 is 14.8 Å². The molecule has 0 saturated heterocycles. The molecular formula is C24H19N3O3. The number of aromatic nitrogens is 2. The number of carbonyl (C=O) groups is 1. The van der Waals surface area contributed by atoms with Crippen LogP contribution in [0.4, 0.5) is 5.69 Å². The molecule has 4 aromatic rings. The molecule has 3 aromatic carbocycles. The minimum atomic E-state index is -0.171. The van der Waals surface area contributed by atoms with Gasteiger partial charge in [-0.1, -0.05) is 42.5 Å². The van der Waals surface area contributed by atoms with Crippen LogP contribution in [0.5, 0.6) is 17.4 Å². The van der Waals surface area contributed by atoms with E-state index in [1.165, 1.54) is 6.33 Å². The van der Waals surface area contributed by atoms with Crippen molar-refractivity contribution in [3.05, 3.63) is 96.8 Å². The number of para-hydroxylation sites is 3. The Bertz CT molecular complexity index is 1150. The summed E-state index contributed by atoms with van der Waals surface area (Å²) in [5.41, 5.74) is 2.84. The zero-order valence-corrected chi connectivity index (χ0v) is 16.3. The lowest BCUT2D eigenvalue weighted by Gasteiger charge is -2.10. The standard InChI is InChI=1S/C24H19N3O3/c1-29-21-9-5-6-10-22(21)30-23-15-20(25-16-26-23)17-11-13-18(14-12-17)24(28)27-19-7-3-2-4-8-19/h2-16H,1H3,(H,27,28). The molecule has 1 aromatic heterocycles. The predicted molar refractivity (Wildman–Crippen MR) is 115 cm³/mol. The van der Waals surface area contributed by atoms with Gasteiger partial charge in [0.1, 0.15) is 6.33 Å². The van der Waals surface area contributed by atoms with Gasteiger partial charge in [0.15, 0.2) is 11.5 Å². The number of hydrogen-bond acceptors (Lipinski definition) is 5. The summed E-state index contributed by atoms with van der Waals surface area (Å²) in [5.74, 6) is 1.41. The lowest BCUT2D eigenvalue weighted by Crippen LogP contribution is -2.11. The summed E-state index contributed by atoms with van der Waals surface area (Å²) in [6, 6.07) is 25.6. The van der Waals surface area contributed by atoms with Gasteiger partial charge >= 0.3 is 0 Å². The molecule has 0 saturated carbocycles. The molecule has 6 heteroatoms. The molecule has 1 amide bonds. The van der Waals surface area contributed by atoms with E-state index in [0.717, 1.165) is 11.3 Å². The van der Waals surface area contributed by atoms with Crippen molar-refractivity contribution in [3.8, 4) is 28.6 Å². The van der Waals surface area contributed by atoms with Gasteiger partial charge in [-0.25, -0.2) is 9.97 Å². The van der Waals surface area contributed by atoms with Crippen LogP contribution < -0.4 is 14.8 Å². The van der Waals surface area contributed by atoms with Gasteiger partial charge in [0.25, 0.3) is 5.91 Å². The van der Waals surface area contributed by atoms with Crippen molar-refractivity contribution in [2.45, 2.75) is 0 Å². The summed E-state index contributed by atoms with van der Waals surface area (Å²) in [6.45, 7) is 0. The molecule has 0 aliphatic rings. The van der Waals surface area contributed by atoms with E-state index in [9.17, 15) is 4.79 Å². The van der Waals surface area contributed by atoms with E-state index >= 15 is 0 Å². The lowest BCUT2D eigenvalue weighted by molar-refractivity contribution is 0.102. The summed E-state index contributed by atoms with van der Waals surface area (Å²) in [7, 11) is 1.59. The Hall–Kier alpha value is -4.19. The second kappa shape index (κ2) is 8.87. The molecule has 0 aliphatic heterocycles. The summed E-state index contributed by atoms with van der Waals surface area (Å²) < 4.78 is 11.2. The van der Waals surface area contributed by atoms with Crippen LogP contribution in [-0.4, -0.2) is 23.0 Å². The van der Waals surface area contributed by atoms with E-state index < -0.39 is 0 Å². The van der Waals surface area contributed by atoms with Crippen LogP contribution in [0.15, 0.2) is 91.3 Å². The van der Waals surface area contributed by atoms with Crippen LogP contribution in [0.1, 0.15) is 10.4 Å². The van der Waals surface area contributed by atoms with E-state index in [1.54, 1.807) is 31.4 Å². The average molecular weight is 397 g/mol. The lowest BCUT2D eigenvalue weighted by atomic mass is 10.1. The van der Waals surface area contributed by atoms with Crippen molar-refractivity contribution in [1.29, 1.82) is 0 Å². The minimum Gasteiger partial charge on any atom is -0.493 e. The third-order valence-electron chi connectivity index (χ3n) is 4.40. The summed E-state index contributed by atoms with van der Waals surface area (Å²) >= 11 is 0. The molecule has 1 heterocycles. The van der Waals surface area contributed by atoms with E-state index in [-0.39, 0.29) is 5.91 Å². The topological polar surface area (TPSA) is 73.3 Å². The van der Waals surface area contributed by atoms with Gasteiger partial charge in [-0.2, -0.15) is 0 Å². The molecule has 4 rings (SSSR count). The van der Waals surface area contributed by atoms with E-state index in [0.29, 0.717) is 28.6 Å². The largest absolute Gasteiger partial charge is 0.493 e. The fourth-order valence-corrected chi connectivity index (χ4v) is 2.89. The third-order valence-corrected chi connectivity index (χ3v) is 4.40. The number of rotatable bonds is 6. The van der Waals surface area contributed by atoms with Gasteiger partial charge in [-0.05, 0) is 36.4 Å². The maximum absolute atomic E-state index is 12.4. The number of carbonyl (C=O) groups excluding carboxylic acids is 1. The normalized spacial score (nSPS) is 10.3. The number of benzene rings is 3. The maximum atomic E-state index is 12.4. The van der Waals surface area contributed by atoms with E-state index in [1.807, 2.05) is 60.7 Å². The Morgan fingerprint density at radius 1 is 0.833 bits per heavy atom. The van der Waals surface area contributed by atoms with Crippen LogP contribution in [0.3, 0.4) is 0 Å². The van der Waals surface area contributed by atoms with Crippen LogP contribution in [0.25, 0.3) is 11.3 Å². The monoisotopic (exact) mass is 397 g/mol. The van der Waals surface area contributed by atoms with Crippen molar-refractivity contribution in [2.75, 3.05) is 12.4 Å². The third kappa shape index (κ3) is 4.44. The molecule has 0 spiro atoms. The highest BCUT2D eigenvalue weighted by Crippen LogP contribution is 2.31. The number of nitrogens with one attached hydrogen (secondary N) is 1. The number of nitrogens with zero attached hydrogens (tertiary/aromatic N) is 2. The zero-order chi connectivity index (χ0) is 20.8. The Balaban J connectivity index is 1.50. The van der Waals surface area contributed by atoms with Crippen LogP contribution in [0.2, 0.25) is 0 Å². The van der Waals surface area contributed by atoms with Crippen molar-refractivity contribution in [3.63, 3.8) is 0 Å². The first-order valence-electron chi connectivity index (χ1n) is 9.33. The molecule has 148 valence electrons. The minimum absolute atomic E-state index is 0.171. The molecule has 0 radical (unpaired) electrons. The molecule has 0 unspecified atom stereocenters. The van der Waals surface area contributed by atoms with Crippen molar-refractivity contribution < 1.29 is 14.3 Å². The second-order valence-corrected chi connectivity index (χ2v) is 6.39. The smallest absolute Gasteiger partial charge is 0.255 e. The van der Waals surface area contributed by atoms with Gasteiger partial charge in [0.05, 0.1) is 12.8 Å². The number of amides is 1. The Labute approximate surface area is 174 Å². The van der Waals surface area contributed by atoms with Crippen LogP contribution in [0, 0.1) is 0 Å². The molecule has 1 N–H and O–H groups in total. The highest BCUT2D eigenvalue weighted by Gasteiger charge is 2.10. The molecule has 6 nitrogen and oxygen atoms in total. The quantitative estimate of drug-likeness (QED) is 0.484. The maximum Gasteiger partial charge on any atom is 0.255 e. The van der Waals surface area contributed by atoms with E-state index in [2.05, 4.69) is 15.3 Å². The predicted octanol–water partition coefficient (Wildman–Crippen LogP) is 5.20. The Kier molecular flexibility index (Phi) is 5.66. The average Bonchev–Trinajstić information content (AvgIpc) is 2.80.